The molecule has 0 unspecified atom stereocenters. The second-order valence-electron chi connectivity index (χ2n) is 23.0. The second kappa shape index (κ2) is 15.6. The fraction of sp³-hybridized carbons (Fsp3) is 0.270. The molecule has 0 bridgehead atoms. The summed E-state index contributed by atoms with van der Waals surface area (Å²) < 4.78 is 8.68. The summed E-state index contributed by atoms with van der Waals surface area (Å²) >= 11 is 1.82. The number of rotatable bonds is 5. The highest BCUT2D eigenvalue weighted by molar-refractivity contribution is 7.17. The van der Waals surface area contributed by atoms with E-state index in [0.717, 1.165) is 11.5 Å². The van der Waals surface area contributed by atoms with E-state index in [1.807, 2.05) is 11.3 Å². The minimum absolute atomic E-state index is 0.00300. The molecule has 4 heterocycles. The number of benzene rings is 7. The molecule has 2 aliphatic heterocycles. The summed E-state index contributed by atoms with van der Waals surface area (Å²) in [5, 5.41) is 4.82. The van der Waals surface area contributed by atoms with Crippen molar-refractivity contribution in [2.75, 3.05) is 9.80 Å². The Hall–Kier alpha value is -6.30. The van der Waals surface area contributed by atoms with Crippen LogP contribution < -0.4 is 26.2 Å². The molecular weight excluding hydrogens is 844 g/mol. The topological polar surface area (TPSA) is 19.6 Å². The van der Waals surface area contributed by atoms with E-state index in [-0.39, 0.29) is 28.9 Å². The van der Waals surface area contributed by atoms with Gasteiger partial charge in [0.05, 0.1) is 11.4 Å². The van der Waals surface area contributed by atoms with Crippen LogP contribution in [0.4, 0.5) is 34.3 Å². The van der Waals surface area contributed by atoms with E-state index in [4.69, 9.17) is 4.42 Å². The van der Waals surface area contributed by atoms with Gasteiger partial charge in [0.2, 0.25) is 5.88 Å². The lowest BCUT2D eigenvalue weighted by atomic mass is 9.33. The second-order valence-corrected chi connectivity index (χ2v) is 23.9. The Kier molecular flexibility index (Phi) is 10.2. The van der Waals surface area contributed by atoms with Crippen molar-refractivity contribution >= 4 is 89.8 Å². The van der Waals surface area contributed by atoms with Gasteiger partial charge in [-0.1, -0.05) is 161 Å². The SMILES string of the molecule is Cc1cc(C(C)(C)C)cc(C)c1N1c2cc(C(C)C)cc3c2B(c2ccc(-c4csc5ccccc45)cc2N3c2ccc(C(C)(C)C)cc2-c2ccccc2)c2c1oc1ccc(C(C)(C)C)cc21. The van der Waals surface area contributed by atoms with Crippen LogP contribution in [0.25, 0.3) is 43.3 Å². The van der Waals surface area contributed by atoms with Crippen LogP contribution in [0.2, 0.25) is 0 Å². The smallest absolute Gasteiger partial charge is 0.257 e. The number of fused-ring (bicyclic) bond motifs is 7. The number of aryl methyl sites for hydroxylation is 2. The minimum Gasteiger partial charge on any atom is -0.440 e. The first-order chi connectivity index (χ1) is 32.3. The molecule has 340 valence electrons. The van der Waals surface area contributed by atoms with Crippen molar-refractivity contribution in [3.05, 3.63) is 172 Å². The number of hydrogen-bond donors (Lipinski definition) is 0. The van der Waals surface area contributed by atoms with Gasteiger partial charge in [0, 0.05) is 49.1 Å². The Morgan fingerprint density at radius 2 is 1.15 bits per heavy atom. The number of nitrogens with zero attached hydrogens (tertiary/aromatic N) is 2. The first kappa shape index (κ1) is 44.2. The summed E-state index contributed by atoms with van der Waals surface area (Å²) in [6, 6.07) is 51.2. The molecule has 2 aromatic heterocycles. The van der Waals surface area contributed by atoms with E-state index in [1.54, 1.807) is 0 Å². The predicted molar refractivity (Wildman–Crippen MR) is 296 cm³/mol. The Labute approximate surface area is 408 Å². The van der Waals surface area contributed by atoms with E-state index in [2.05, 4.69) is 239 Å². The zero-order valence-corrected chi connectivity index (χ0v) is 43.0. The van der Waals surface area contributed by atoms with Crippen molar-refractivity contribution in [1.29, 1.82) is 0 Å². The lowest BCUT2D eigenvalue weighted by Crippen LogP contribution is -2.61. The van der Waals surface area contributed by atoms with Gasteiger partial charge in [0.15, 0.2) is 0 Å². The van der Waals surface area contributed by atoms with Crippen molar-refractivity contribution in [2.24, 2.45) is 0 Å². The zero-order valence-electron chi connectivity index (χ0n) is 42.1. The largest absolute Gasteiger partial charge is 0.440 e. The van der Waals surface area contributed by atoms with Crippen molar-refractivity contribution in [3.63, 3.8) is 0 Å². The Balaban J connectivity index is 1.30. The molecule has 0 saturated carbocycles. The summed E-state index contributed by atoms with van der Waals surface area (Å²) in [5.41, 5.74) is 23.2. The van der Waals surface area contributed by atoms with Crippen LogP contribution in [0.1, 0.15) is 115 Å². The van der Waals surface area contributed by atoms with Crippen LogP contribution in [0.3, 0.4) is 0 Å². The summed E-state index contributed by atoms with van der Waals surface area (Å²) in [5.74, 6) is 1.18. The third-order valence-electron chi connectivity index (χ3n) is 14.8. The maximum Gasteiger partial charge on any atom is 0.257 e. The molecule has 68 heavy (non-hydrogen) atoms. The monoisotopic (exact) mass is 906 g/mol. The van der Waals surface area contributed by atoms with Gasteiger partial charge >= 0.3 is 0 Å². The van der Waals surface area contributed by atoms with Gasteiger partial charge in [0.1, 0.15) is 5.58 Å². The van der Waals surface area contributed by atoms with Crippen molar-refractivity contribution in [1.82, 2.24) is 0 Å². The molecular formula is C63H63BN2OS. The summed E-state index contributed by atoms with van der Waals surface area (Å²) in [6.07, 6.45) is 0. The lowest BCUT2D eigenvalue weighted by molar-refractivity contribution is 0.588. The molecule has 2 aliphatic rings. The fourth-order valence-electron chi connectivity index (χ4n) is 11.0. The van der Waals surface area contributed by atoms with Crippen LogP contribution in [0.15, 0.2) is 143 Å². The zero-order chi connectivity index (χ0) is 47.8. The van der Waals surface area contributed by atoms with Crippen LogP contribution in [0, 0.1) is 13.8 Å². The predicted octanol–water partition coefficient (Wildman–Crippen LogP) is 16.7. The maximum absolute atomic E-state index is 7.38. The van der Waals surface area contributed by atoms with Crippen LogP contribution >= 0.6 is 11.3 Å². The average molecular weight is 907 g/mol. The molecule has 3 nitrogen and oxygen atoms in total. The standard InChI is InChI=1S/C63H63BN2OS/c1-37(2)42-32-53-58-54(33-42)66(59-38(3)29-45(30-39(59)4)63(11,12)13)60-57(48-35-44(62(8,9)10)25-28-55(48)67-60)64(58)50-26-23-41(49-36-68-56-22-18-17-21-46(49)56)31-52(50)65(53)51-27-24-43(61(5,6)7)34-47(51)40-19-15-14-16-20-40/h14-37H,1-13H3. The third-order valence-corrected chi connectivity index (χ3v) is 15.8. The number of hydrogen-bond acceptors (Lipinski definition) is 4. The van der Waals surface area contributed by atoms with E-state index >= 15 is 0 Å². The highest BCUT2D eigenvalue weighted by atomic mass is 32.1. The van der Waals surface area contributed by atoms with Gasteiger partial charge < -0.3 is 9.32 Å². The summed E-state index contributed by atoms with van der Waals surface area (Å²) in [4.78, 5) is 5.15. The van der Waals surface area contributed by atoms with E-state index < -0.39 is 0 Å². The molecule has 0 spiro atoms. The van der Waals surface area contributed by atoms with E-state index in [0.29, 0.717) is 0 Å². The van der Waals surface area contributed by atoms with Crippen molar-refractivity contribution < 1.29 is 4.42 Å². The highest BCUT2D eigenvalue weighted by Gasteiger charge is 2.47. The van der Waals surface area contributed by atoms with Crippen LogP contribution in [-0.2, 0) is 16.2 Å². The minimum atomic E-state index is -0.105. The van der Waals surface area contributed by atoms with Crippen molar-refractivity contribution in [3.8, 4) is 22.3 Å². The summed E-state index contributed by atoms with van der Waals surface area (Å²) in [6.45, 7) is 30.0. The fourth-order valence-corrected chi connectivity index (χ4v) is 11.9. The molecule has 0 radical (unpaired) electrons. The molecule has 0 atom stereocenters. The van der Waals surface area contributed by atoms with Crippen molar-refractivity contribution in [2.45, 2.75) is 112 Å². The average Bonchev–Trinajstić information content (AvgIpc) is 3.90. The molecule has 7 aromatic carbocycles. The quantitative estimate of drug-likeness (QED) is 0.160. The van der Waals surface area contributed by atoms with Gasteiger partial charge in [-0.25, -0.2) is 0 Å². The van der Waals surface area contributed by atoms with Gasteiger partial charge in [-0.2, -0.15) is 0 Å². The van der Waals surface area contributed by atoms with Gasteiger partial charge in [-0.05, 0) is 145 Å². The Morgan fingerprint density at radius 3 is 1.82 bits per heavy atom. The molecule has 0 fully saturated rings. The first-order valence-electron chi connectivity index (χ1n) is 24.5. The number of thiophene rings is 1. The molecule has 0 saturated heterocycles. The highest BCUT2D eigenvalue weighted by Crippen LogP contribution is 2.51. The molecule has 0 N–H and O–H groups in total. The molecule has 0 aliphatic carbocycles. The van der Waals surface area contributed by atoms with E-state index in [9.17, 15) is 0 Å². The molecule has 5 heteroatoms. The van der Waals surface area contributed by atoms with Gasteiger partial charge in [0.25, 0.3) is 6.71 Å². The molecule has 0 amide bonds. The maximum atomic E-state index is 7.38. The lowest BCUT2D eigenvalue weighted by Gasteiger charge is -2.44. The molecule has 9 aromatic rings. The Morgan fingerprint density at radius 1 is 0.515 bits per heavy atom. The summed E-state index contributed by atoms with van der Waals surface area (Å²) in [7, 11) is 0. The number of anilines is 6. The Bertz CT molecular complexity index is 3450. The van der Waals surface area contributed by atoms with Gasteiger partial charge in [-0.15, -0.1) is 11.3 Å². The van der Waals surface area contributed by atoms with E-state index in [1.165, 1.54) is 116 Å². The normalized spacial score (nSPS) is 13.7. The van der Waals surface area contributed by atoms with Crippen LogP contribution in [-0.4, -0.2) is 6.71 Å². The van der Waals surface area contributed by atoms with Crippen LogP contribution in [0.5, 0.6) is 0 Å². The first-order valence-corrected chi connectivity index (χ1v) is 25.4. The van der Waals surface area contributed by atoms with Gasteiger partial charge in [-0.3, -0.25) is 4.90 Å². The molecule has 11 rings (SSSR count). The number of furan rings is 1. The third kappa shape index (κ3) is 7.06.